The fraction of sp³-hybridized carbons (Fsp3) is 0.300. The first kappa shape index (κ1) is 28.0. The molecule has 2 aliphatic heterocycles. The van der Waals surface area contributed by atoms with E-state index in [-0.39, 0.29) is 31.3 Å². The minimum atomic E-state index is -4.16. The van der Waals surface area contributed by atoms with Crippen LogP contribution in [0, 0.1) is 0 Å². The maximum absolute atomic E-state index is 13.7. The third-order valence-electron chi connectivity index (χ3n) is 7.96. The number of primary amides is 1. The topological polar surface area (TPSA) is 157 Å². The number of carbonyl (C=O) groups is 3. The lowest BCUT2D eigenvalue weighted by atomic mass is 9.98. The summed E-state index contributed by atoms with van der Waals surface area (Å²) in [5, 5.41) is 2.72. The normalized spacial score (nSPS) is 21.5. The maximum Gasteiger partial charge on any atom is 0.527 e. The number of likely N-dealkylation sites (tertiary alicyclic amines) is 1. The predicted octanol–water partition coefficient (Wildman–Crippen LogP) is 3.62. The molecule has 0 radical (unpaired) electrons. The second-order valence-electron chi connectivity index (χ2n) is 10.6. The Labute approximate surface area is 242 Å². The lowest BCUT2D eigenvalue weighted by Gasteiger charge is -2.28. The third-order valence-corrected chi connectivity index (χ3v) is 8.84. The number of phosphoric ester groups is 1. The van der Waals surface area contributed by atoms with Crippen LogP contribution >= 0.6 is 7.82 Å². The van der Waals surface area contributed by atoms with Crippen molar-refractivity contribution in [3.05, 3.63) is 89.0 Å². The molecule has 3 aromatic rings. The molecule has 42 heavy (non-hydrogen) atoms. The predicted molar refractivity (Wildman–Crippen MR) is 151 cm³/mol. The smallest absolute Gasteiger partial charge is 0.449 e. The number of nitrogens with one attached hydrogen (secondary N) is 1. The van der Waals surface area contributed by atoms with Crippen LogP contribution in [0.15, 0.2) is 66.7 Å². The summed E-state index contributed by atoms with van der Waals surface area (Å²) in [6.07, 6.45) is 0.366. The Balaban J connectivity index is 1.20. The highest BCUT2D eigenvalue weighted by Gasteiger charge is 2.38. The number of nitrogens with zero attached hydrogens (tertiary/aromatic N) is 1. The van der Waals surface area contributed by atoms with E-state index in [1.165, 1.54) is 11.0 Å². The van der Waals surface area contributed by atoms with Crippen molar-refractivity contribution in [1.29, 1.82) is 0 Å². The number of rotatable bonds is 7. The van der Waals surface area contributed by atoms with E-state index in [4.69, 9.17) is 19.5 Å². The number of alkyl carbamates (subject to hydrolysis) is 1. The van der Waals surface area contributed by atoms with Crippen molar-refractivity contribution in [1.82, 2.24) is 10.2 Å². The van der Waals surface area contributed by atoms with Crippen molar-refractivity contribution in [2.24, 2.45) is 5.73 Å². The molecule has 0 saturated carbocycles. The van der Waals surface area contributed by atoms with Gasteiger partial charge in [0.2, 0.25) is 11.8 Å². The van der Waals surface area contributed by atoms with Gasteiger partial charge >= 0.3 is 13.9 Å². The summed E-state index contributed by atoms with van der Waals surface area (Å²) in [7, 11) is -4.16. The summed E-state index contributed by atoms with van der Waals surface area (Å²) >= 11 is 0. The lowest BCUT2D eigenvalue weighted by Crippen LogP contribution is -2.53. The van der Waals surface area contributed by atoms with E-state index in [2.05, 4.69) is 5.32 Å². The molecular weight excluding hydrogens is 561 g/mol. The average Bonchev–Trinajstić information content (AvgIpc) is 3.59. The Morgan fingerprint density at radius 3 is 2.45 bits per heavy atom. The minimum absolute atomic E-state index is 0.0646. The van der Waals surface area contributed by atoms with Crippen LogP contribution in [0.3, 0.4) is 0 Å². The van der Waals surface area contributed by atoms with Crippen molar-refractivity contribution in [2.75, 3.05) is 13.2 Å². The Bertz CT molecular complexity index is 1570. The highest BCUT2D eigenvalue weighted by molar-refractivity contribution is 7.47. The van der Waals surface area contributed by atoms with Gasteiger partial charge in [-0.2, -0.15) is 0 Å². The Morgan fingerprint density at radius 2 is 1.76 bits per heavy atom. The molecule has 1 unspecified atom stereocenters. The van der Waals surface area contributed by atoms with E-state index < -0.39 is 37.8 Å². The van der Waals surface area contributed by atoms with E-state index in [1.54, 1.807) is 12.1 Å². The third kappa shape index (κ3) is 5.51. The molecule has 2 heterocycles. The van der Waals surface area contributed by atoms with Gasteiger partial charge in [-0.25, -0.2) is 9.36 Å². The fourth-order valence-corrected chi connectivity index (χ4v) is 6.79. The Kier molecular flexibility index (Phi) is 7.49. The van der Waals surface area contributed by atoms with Crippen molar-refractivity contribution >= 4 is 25.7 Å². The molecule has 6 rings (SSSR count). The number of ether oxygens (including phenoxy) is 1. The molecule has 3 atom stereocenters. The summed E-state index contributed by atoms with van der Waals surface area (Å²) in [5.74, 6) is -0.998. The zero-order valence-corrected chi connectivity index (χ0v) is 23.5. The molecule has 3 aliphatic rings. The summed E-state index contributed by atoms with van der Waals surface area (Å²) in [5.41, 5.74) is 11.0. The first-order valence-corrected chi connectivity index (χ1v) is 15.2. The van der Waals surface area contributed by atoms with Crippen LogP contribution < -0.4 is 15.6 Å². The van der Waals surface area contributed by atoms with Gasteiger partial charge in [0.05, 0.1) is 6.61 Å². The minimum Gasteiger partial charge on any atom is -0.449 e. The second-order valence-corrected chi connectivity index (χ2v) is 12.0. The lowest BCUT2D eigenvalue weighted by molar-refractivity contribution is -0.138. The van der Waals surface area contributed by atoms with Gasteiger partial charge in [-0.1, -0.05) is 54.6 Å². The molecule has 12 heteroatoms. The molecular formula is C30H30N3O8P. The maximum atomic E-state index is 13.7. The number of benzene rings is 3. The van der Waals surface area contributed by atoms with Crippen molar-refractivity contribution in [2.45, 2.75) is 43.9 Å². The van der Waals surface area contributed by atoms with E-state index in [0.29, 0.717) is 30.5 Å². The molecule has 1 aliphatic carbocycles. The number of fused-ring (bicyclic) bond motifs is 4. The molecule has 0 aromatic heterocycles. The number of hydrogen-bond donors (Lipinski definition) is 3. The van der Waals surface area contributed by atoms with Gasteiger partial charge < -0.3 is 25.2 Å². The van der Waals surface area contributed by atoms with Gasteiger partial charge in [0.1, 0.15) is 24.4 Å². The van der Waals surface area contributed by atoms with Crippen LogP contribution in [0.2, 0.25) is 0 Å². The second kappa shape index (κ2) is 11.2. The van der Waals surface area contributed by atoms with Gasteiger partial charge in [-0.05, 0) is 52.8 Å². The molecule has 3 amide bonds. The summed E-state index contributed by atoms with van der Waals surface area (Å²) in [6.45, 7) is 0.265. The molecule has 0 spiro atoms. The molecule has 4 N–H and O–H groups in total. The first-order chi connectivity index (χ1) is 20.2. The number of nitrogens with two attached hydrogens (primary N) is 1. The molecule has 0 bridgehead atoms. The summed E-state index contributed by atoms with van der Waals surface area (Å²) in [6, 6.07) is 19.0. The number of phosphoric acid groups is 1. The van der Waals surface area contributed by atoms with Crippen molar-refractivity contribution < 1.29 is 37.6 Å². The molecule has 1 saturated heterocycles. The van der Waals surface area contributed by atoms with Crippen molar-refractivity contribution in [3.63, 3.8) is 0 Å². The van der Waals surface area contributed by atoms with Crippen LogP contribution in [0.4, 0.5) is 4.79 Å². The number of amides is 3. The first-order valence-electron chi connectivity index (χ1n) is 13.7. The Morgan fingerprint density at radius 1 is 1.07 bits per heavy atom. The number of hydrogen-bond acceptors (Lipinski definition) is 7. The standard InChI is InChI=1S/C30H30N3O8P/c31-28(34)26-10-5-13-33(26)29(35)25(15-18-11-12-27-19(14-18)16-40-42(37,38)41-27)32-30(36)39-17-24-22-8-3-1-6-20(22)21-7-2-4-9-23(21)24/h1-4,6-9,11-12,14,24-26H,5,10,13,15-17H2,(H2,31,34)(H,32,36)(H,37,38)/t25-,26-/m0/s1. The monoisotopic (exact) mass is 591 g/mol. The van der Waals surface area contributed by atoms with Crippen LogP contribution in [-0.2, 0) is 36.4 Å². The fourth-order valence-electron chi connectivity index (χ4n) is 6.01. The van der Waals surface area contributed by atoms with E-state index in [0.717, 1.165) is 22.3 Å². The molecule has 218 valence electrons. The molecule has 1 fully saturated rings. The number of carbonyl (C=O) groups excluding carboxylic acids is 3. The summed E-state index contributed by atoms with van der Waals surface area (Å²) < 4.78 is 27.4. The highest BCUT2D eigenvalue weighted by atomic mass is 31.2. The SMILES string of the molecule is NC(=O)[C@@H]1CCCN1C(=O)[C@H](Cc1ccc2c(c1)COP(=O)(O)O2)NC(=O)OCC1c2ccccc2-c2ccccc21. The van der Waals surface area contributed by atoms with Gasteiger partial charge in [-0.3, -0.25) is 19.0 Å². The van der Waals surface area contributed by atoms with E-state index >= 15 is 0 Å². The average molecular weight is 592 g/mol. The summed E-state index contributed by atoms with van der Waals surface area (Å²) in [4.78, 5) is 49.9. The van der Waals surface area contributed by atoms with Crippen LogP contribution in [0.25, 0.3) is 11.1 Å². The highest BCUT2D eigenvalue weighted by Crippen LogP contribution is 2.50. The van der Waals surface area contributed by atoms with E-state index in [9.17, 15) is 23.8 Å². The molecule has 11 nitrogen and oxygen atoms in total. The van der Waals surface area contributed by atoms with Crippen LogP contribution in [0.5, 0.6) is 5.75 Å². The zero-order valence-electron chi connectivity index (χ0n) is 22.6. The largest absolute Gasteiger partial charge is 0.527 e. The zero-order chi connectivity index (χ0) is 29.4. The van der Waals surface area contributed by atoms with Gasteiger partial charge in [0.25, 0.3) is 0 Å². The van der Waals surface area contributed by atoms with Crippen molar-refractivity contribution in [3.8, 4) is 16.9 Å². The van der Waals surface area contributed by atoms with Gasteiger partial charge in [0, 0.05) is 24.4 Å². The van der Waals surface area contributed by atoms with Crippen LogP contribution in [-0.4, -0.2) is 52.9 Å². The van der Waals surface area contributed by atoms with Gasteiger partial charge in [0.15, 0.2) is 0 Å². The molecule has 3 aromatic carbocycles. The van der Waals surface area contributed by atoms with Crippen LogP contribution in [0.1, 0.15) is 41.0 Å². The Hall–Kier alpha value is -4.18. The van der Waals surface area contributed by atoms with Gasteiger partial charge in [-0.15, -0.1) is 0 Å². The quantitative estimate of drug-likeness (QED) is 0.352. The van der Waals surface area contributed by atoms with E-state index in [1.807, 2.05) is 48.5 Å².